The molecular formula is C10H22ClNO. The summed E-state index contributed by atoms with van der Waals surface area (Å²) in [5.41, 5.74) is 5.92. The first-order valence-electron chi connectivity index (χ1n) is 4.92. The van der Waals surface area contributed by atoms with E-state index >= 15 is 0 Å². The van der Waals surface area contributed by atoms with E-state index in [2.05, 4.69) is 20.8 Å². The summed E-state index contributed by atoms with van der Waals surface area (Å²) in [6, 6.07) is 0.262. The van der Waals surface area contributed by atoms with Gasteiger partial charge in [-0.15, -0.1) is 12.4 Å². The molecule has 0 bridgehead atoms. The van der Waals surface area contributed by atoms with Gasteiger partial charge in [0.25, 0.3) is 0 Å². The van der Waals surface area contributed by atoms with Crippen LogP contribution in [0, 0.1) is 0 Å². The Balaban J connectivity index is 0.00000144. The lowest BCUT2D eigenvalue weighted by Crippen LogP contribution is -2.43. The first kappa shape index (κ1) is 13.2. The second-order valence-corrected chi connectivity index (χ2v) is 4.72. The average Bonchev–Trinajstić information content (AvgIpc) is 1.91. The van der Waals surface area contributed by atoms with E-state index in [-0.39, 0.29) is 24.0 Å². The summed E-state index contributed by atoms with van der Waals surface area (Å²) >= 11 is 0. The zero-order valence-corrected chi connectivity index (χ0v) is 9.69. The fourth-order valence-electron chi connectivity index (χ4n) is 1.73. The molecule has 3 heteroatoms. The fraction of sp³-hybridized carbons (Fsp3) is 1.00. The Bertz CT molecular complexity index is 144. The van der Waals surface area contributed by atoms with Gasteiger partial charge in [0.15, 0.2) is 0 Å². The van der Waals surface area contributed by atoms with Crippen LogP contribution in [0.15, 0.2) is 0 Å². The van der Waals surface area contributed by atoms with Gasteiger partial charge in [-0.2, -0.15) is 0 Å². The lowest BCUT2D eigenvalue weighted by atomic mass is 9.92. The molecule has 2 unspecified atom stereocenters. The summed E-state index contributed by atoms with van der Waals surface area (Å²) in [6.45, 7) is 6.27. The number of nitrogens with two attached hydrogens (primary N) is 1. The Hall–Kier alpha value is 0.210. The molecule has 0 radical (unpaired) electrons. The molecule has 0 aromatic rings. The van der Waals surface area contributed by atoms with Gasteiger partial charge in [0, 0.05) is 6.04 Å². The molecule has 0 aromatic carbocycles. The Morgan fingerprint density at radius 2 is 1.69 bits per heavy atom. The van der Waals surface area contributed by atoms with Crippen LogP contribution in [0.3, 0.4) is 0 Å². The summed E-state index contributed by atoms with van der Waals surface area (Å²) in [6.07, 6.45) is 5.09. The van der Waals surface area contributed by atoms with Crippen molar-refractivity contribution in [3.05, 3.63) is 0 Å². The van der Waals surface area contributed by atoms with Crippen LogP contribution < -0.4 is 5.73 Å². The molecule has 0 aliphatic heterocycles. The third-order valence-corrected chi connectivity index (χ3v) is 2.26. The van der Waals surface area contributed by atoms with Crippen molar-refractivity contribution in [1.29, 1.82) is 0 Å². The number of rotatable bonds is 1. The summed E-state index contributed by atoms with van der Waals surface area (Å²) in [4.78, 5) is 0. The molecule has 2 atom stereocenters. The third-order valence-electron chi connectivity index (χ3n) is 2.26. The van der Waals surface area contributed by atoms with Crippen molar-refractivity contribution in [3.63, 3.8) is 0 Å². The van der Waals surface area contributed by atoms with Crippen molar-refractivity contribution in [2.24, 2.45) is 5.73 Å². The van der Waals surface area contributed by atoms with Gasteiger partial charge in [0.1, 0.15) is 0 Å². The van der Waals surface area contributed by atoms with Crippen LogP contribution in [0.25, 0.3) is 0 Å². The van der Waals surface area contributed by atoms with Crippen LogP contribution in [0.1, 0.15) is 46.5 Å². The van der Waals surface area contributed by atoms with Crippen LogP contribution in [0.4, 0.5) is 0 Å². The summed E-state index contributed by atoms with van der Waals surface area (Å²) < 4.78 is 5.87. The van der Waals surface area contributed by atoms with E-state index < -0.39 is 0 Å². The predicted molar refractivity (Wildman–Crippen MR) is 58.3 cm³/mol. The number of ether oxygens (including phenoxy) is 1. The van der Waals surface area contributed by atoms with Gasteiger partial charge in [-0.3, -0.25) is 0 Å². The van der Waals surface area contributed by atoms with Crippen molar-refractivity contribution >= 4 is 12.4 Å². The number of hydrogen-bond donors (Lipinski definition) is 1. The number of hydrogen-bond acceptors (Lipinski definition) is 2. The van der Waals surface area contributed by atoms with Gasteiger partial charge in [0.05, 0.1) is 11.7 Å². The highest BCUT2D eigenvalue weighted by atomic mass is 35.5. The molecule has 0 amide bonds. The Morgan fingerprint density at radius 3 is 2.15 bits per heavy atom. The lowest BCUT2D eigenvalue weighted by molar-refractivity contribution is -0.0813. The van der Waals surface area contributed by atoms with E-state index in [0.717, 1.165) is 12.8 Å². The second kappa shape index (κ2) is 5.18. The zero-order chi connectivity index (χ0) is 9.19. The van der Waals surface area contributed by atoms with Crippen LogP contribution in [0.5, 0.6) is 0 Å². The minimum Gasteiger partial charge on any atom is -0.371 e. The molecule has 0 heterocycles. The van der Waals surface area contributed by atoms with Crippen molar-refractivity contribution in [2.45, 2.75) is 64.2 Å². The molecule has 1 aliphatic carbocycles. The molecule has 13 heavy (non-hydrogen) atoms. The topological polar surface area (TPSA) is 35.2 Å². The summed E-state index contributed by atoms with van der Waals surface area (Å²) in [7, 11) is 0. The van der Waals surface area contributed by atoms with E-state index in [1.807, 2.05) is 0 Å². The maximum absolute atomic E-state index is 5.96. The zero-order valence-electron chi connectivity index (χ0n) is 8.88. The van der Waals surface area contributed by atoms with Crippen LogP contribution >= 0.6 is 12.4 Å². The Morgan fingerprint density at radius 1 is 1.15 bits per heavy atom. The highest BCUT2D eigenvalue weighted by molar-refractivity contribution is 5.85. The minimum atomic E-state index is -0.0420. The van der Waals surface area contributed by atoms with Crippen LogP contribution in [0.2, 0.25) is 0 Å². The van der Waals surface area contributed by atoms with Gasteiger partial charge in [-0.05, 0) is 33.6 Å². The van der Waals surface area contributed by atoms with E-state index in [0.29, 0.717) is 6.10 Å². The fourth-order valence-corrected chi connectivity index (χ4v) is 1.73. The lowest BCUT2D eigenvalue weighted by Gasteiger charge is -2.34. The molecule has 1 fully saturated rings. The molecule has 1 aliphatic rings. The average molecular weight is 208 g/mol. The monoisotopic (exact) mass is 207 g/mol. The van der Waals surface area contributed by atoms with E-state index in [1.165, 1.54) is 12.8 Å². The third kappa shape index (κ3) is 4.84. The van der Waals surface area contributed by atoms with Gasteiger partial charge in [-0.25, -0.2) is 0 Å². The standard InChI is InChI=1S/C10H21NO.ClH/c1-10(2,3)12-9-7-5-4-6-8(9)11;/h8-9H,4-7,11H2,1-3H3;1H. The maximum atomic E-state index is 5.96. The highest BCUT2D eigenvalue weighted by Crippen LogP contribution is 2.23. The molecule has 2 nitrogen and oxygen atoms in total. The van der Waals surface area contributed by atoms with E-state index in [9.17, 15) is 0 Å². The van der Waals surface area contributed by atoms with Crippen molar-refractivity contribution < 1.29 is 4.74 Å². The first-order chi connectivity index (χ1) is 5.49. The summed E-state index contributed by atoms with van der Waals surface area (Å²) in [5, 5.41) is 0. The van der Waals surface area contributed by atoms with Crippen molar-refractivity contribution in [1.82, 2.24) is 0 Å². The molecule has 1 rings (SSSR count). The summed E-state index contributed by atoms with van der Waals surface area (Å²) in [5.74, 6) is 0. The minimum absolute atomic E-state index is 0. The molecule has 2 N–H and O–H groups in total. The molecular weight excluding hydrogens is 186 g/mol. The first-order valence-corrected chi connectivity index (χ1v) is 4.92. The molecule has 0 aromatic heterocycles. The molecule has 80 valence electrons. The normalized spacial score (nSPS) is 29.5. The van der Waals surface area contributed by atoms with E-state index in [4.69, 9.17) is 10.5 Å². The van der Waals surface area contributed by atoms with Gasteiger partial charge < -0.3 is 10.5 Å². The predicted octanol–water partition coefficient (Wildman–Crippen LogP) is 2.49. The van der Waals surface area contributed by atoms with Gasteiger partial charge in [0.2, 0.25) is 0 Å². The molecule has 1 saturated carbocycles. The van der Waals surface area contributed by atoms with Crippen LogP contribution in [-0.4, -0.2) is 17.7 Å². The van der Waals surface area contributed by atoms with Crippen molar-refractivity contribution in [3.8, 4) is 0 Å². The Kier molecular flexibility index (Phi) is 5.26. The quantitative estimate of drug-likeness (QED) is 0.717. The Labute approximate surface area is 87.6 Å². The van der Waals surface area contributed by atoms with Crippen LogP contribution in [-0.2, 0) is 4.74 Å². The van der Waals surface area contributed by atoms with Crippen molar-refractivity contribution in [2.75, 3.05) is 0 Å². The molecule has 0 saturated heterocycles. The molecule has 0 spiro atoms. The van der Waals surface area contributed by atoms with Gasteiger partial charge in [-0.1, -0.05) is 12.8 Å². The SMILES string of the molecule is CC(C)(C)OC1CCCCC1N.Cl. The smallest absolute Gasteiger partial charge is 0.0733 e. The van der Waals surface area contributed by atoms with Gasteiger partial charge >= 0.3 is 0 Å². The van der Waals surface area contributed by atoms with E-state index in [1.54, 1.807) is 0 Å². The highest BCUT2D eigenvalue weighted by Gasteiger charge is 2.26. The largest absolute Gasteiger partial charge is 0.371 e. The second-order valence-electron chi connectivity index (χ2n) is 4.72. The maximum Gasteiger partial charge on any atom is 0.0733 e. The number of halogens is 1.